The number of pyridine rings is 1. The van der Waals surface area contributed by atoms with Crippen LogP contribution in [0.25, 0.3) is 0 Å². The third-order valence-corrected chi connectivity index (χ3v) is 5.48. The Labute approximate surface area is 151 Å². The third-order valence-electron chi connectivity index (χ3n) is 5.48. The fourth-order valence-corrected chi connectivity index (χ4v) is 3.86. The van der Waals surface area contributed by atoms with Crippen molar-refractivity contribution in [3.63, 3.8) is 0 Å². The van der Waals surface area contributed by atoms with Gasteiger partial charge in [-0.1, -0.05) is 6.07 Å². The van der Waals surface area contributed by atoms with Crippen LogP contribution in [0.3, 0.4) is 0 Å². The minimum atomic E-state index is 0.352. The number of hydrogen-bond acceptors (Lipinski definition) is 4. The molecule has 138 valence electrons. The highest BCUT2D eigenvalue weighted by atomic mass is 16.5. The van der Waals surface area contributed by atoms with Gasteiger partial charge < -0.3 is 19.9 Å². The van der Waals surface area contributed by atoms with Crippen LogP contribution in [0, 0.1) is 5.41 Å². The maximum atomic E-state index is 5.62. The molecule has 6 heteroatoms. The molecule has 6 nitrogen and oxygen atoms in total. The molecule has 0 aliphatic carbocycles. The van der Waals surface area contributed by atoms with Crippen molar-refractivity contribution in [2.75, 3.05) is 51.3 Å². The number of aromatic nitrogens is 1. The summed E-state index contributed by atoms with van der Waals surface area (Å²) in [6, 6.07) is 4.25. The van der Waals surface area contributed by atoms with Gasteiger partial charge in [0.25, 0.3) is 0 Å². The number of ether oxygens (including phenoxy) is 1. The lowest BCUT2D eigenvalue weighted by atomic mass is 9.87. The van der Waals surface area contributed by atoms with Crippen molar-refractivity contribution in [1.82, 2.24) is 15.2 Å². The second-order valence-corrected chi connectivity index (χ2v) is 7.07. The van der Waals surface area contributed by atoms with Crippen LogP contribution in [0.15, 0.2) is 23.3 Å². The minimum Gasteiger partial charge on any atom is -0.381 e. The van der Waals surface area contributed by atoms with Gasteiger partial charge in [0.1, 0.15) is 5.82 Å². The number of nitrogens with zero attached hydrogens (tertiary/aromatic N) is 4. The van der Waals surface area contributed by atoms with E-state index in [1.807, 2.05) is 13.2 Å². The molecule has 2 saturated heterocycles. The van der Waals surface area contributed by atoms with Crippen LogP contribution in [-0.4, -0.2) is 62.3 Å². The normalized spacial score (nSPS) is 23.5. The van der Waals surface area contributed by atoms with E-state index in [0.29, 0.717) is 5.41 Å². The molecule has 2 aliphatic rings. The summed E-state index contributed by atoms with van der Waals surface area (Å²) in [4.78, 5) is 13.7. The summed E-state index contributed by atoms with van der Waals surface area (Å²) in [5, 5.41) is 3.49. The van der Waals surface area contributed by atoms with E-state index in [2.05, 4.69) is 51.1 Å². The van der Waals surface area contributed by atoms with E-state index < -0.39 is 0 Å². The highest BCUT2D eigenvalue weighted by molar-refractivity contribution is 5.80. The Hall–Kier alpha value is -1.82. The Morgan fingerprint density at radius 3 is 2.80 bits per heavy atom. The molecule has 0 radical (unpaired) electrons. The summed E-state index contributed by atoms with van der Waals surface area (Å²) in [6.45, 7) is 10.9. The van der Waals surface area contributed by atoms with Crippen molar-refractivity contribution in [2.45, 2.75) is 33.2 Å². The molecule has 1 aromatic rings. The monoisotopic (exact) mass is 345 g/mol. The van der Waals surface area contributed by atoms with Crippen molar-refractivity contribution in [3.05, 3.63) is 23.9 Å². The maximum absolute atomic E-state index is 5.62. The lowest BCUT2D eigenvalue weighted by Gasteiger charge is -2.25. The SMILES string of the molecule is CCN(CC)c1ccc(CNC(=NC)N2CCC3(CCOC3)C2)cn1. The predicted octanol–water partition coefficient (Wildman–Crippen LogP) is 2.12. The Balaban J connectivity index is 1.55. The molecule has 2 aliphatic heterocycles. The number of nitrogens with one attached hydrogen (secondary N) is 1. The van der Waals surface area contributed by atoms with Crippen LogP contribution in [-0.2, 0) is 11.3 Å². The van der Waals surface area contributed by atoms with E-state index in [1.165, 1.54) is 18.4 Å². The van der Waals surface area contributed by atoms with Gasteiger partial charge in [-0.25, -0.2) is 4.98 Å². The second kappa shape index (κ2) is 8.04. The Kier molecular flexibility index (Phi) is 5.78. The Morgan fingerprint density at radius 1 is 1.36 bits per heavy atom. The van der Waals surface area contributed by atoms with Crippen LogP contribution in [0.4, 0.5) is 5.82 Å². The molecule has 1 atom stereocenters. The van der Waals surface area contributed by atoms with Gasteiger partial charge in [0.2, 0.25) is 0 Å². The summed E-state index contributed by atoms with van der Waals surface area (Å²) in [5.41, 5.74) is 1.53. The average Bonchev–Trinajstić information content (AvgIpc) is 3.28. The molecule has 3 heterocycles. The molecule has 0 amide bonds. The van der Waals surface area contributed by atoms with E-state index in [-0.39, 0.29) is 0 Å². The summed E-state index contributed by atoms with van der Waals surface area (Å²) in [5.74, 6) is 2.03. The molecule has 0 bridgehead atoms. The molecule has 2 fully saturated rings. The summed E-state index contributed by atoms with van der Waals surface area (Å²) >= 11 is 0. The first-order valence-corrected chi connectivity index (χ1v) is 9.43. The molecule has 1 unspecified atom stereocenters. The van der Waals surface area contributed by atoms with E-state index in [1.54, 1.807) is 0 Å². The van der Waals surface area contributed by atoms with Gasteiger partial charge in [0.05, 0.1) is 6.61 Å². The highest BCUT2D eigenvalue weighted by Gasteiger charge is 2.42. The highest BCUT2D eigenvalue weighted by Crippen LogP contribution is 2.38. The number of aliphatic imine (C=N–C) groups is 1. The number of guanidine groups is 1. The van der Waals surface area contributed by atoms with Crippen molar-refractivity contribution in [1.29, 1.82) is 0 Å². The van der Waals surface area contributed by atoms with Gasteiger partial charge in [-0.05, 0) is 38.3 Å². The van der Waals surface area contributed by atoms with Gasteiger partial charge in [-0.15, -0.1) is 0 Å². The van der Waals surface area contributed by atoms with Crippen LogP contribution in [0.5, 0.6) is 0 Å². The smallest absolute Gasteiger partial charge is 0.193 e. The van der Waals surface area contributed by atoms with Crippen molar-refractivity contribution in [3.8, 4) is 0 Å². The second-order valence-electron chi connectivity index (χ2n) is 7.07. The molecule has 0 saturated carbocycles. The lowest BCUT2D eigenvalue weighted by Crippen LogP contribution is -2.41. The minimum absolute atomic E-state index is 0.352. The molecule has 1 spiro atoms. The molecule has 25 heavy (non-hydrogen) atoms. The summed E-state index contributed by atoms with van der Waals surface area (Å²) in [6.07, 6.45) is 4.34. The zero-order chi connectivity index (χ0) is 17.7. The van der Waals surface area contributed by atoms with Gasteiger partial charge in [-0.2, -0.15) is 0 Å². The number of rotatable bonds is 5. The molecular formula is C19H31N5O. The van der Waals surface area contributed by atoms with Crippen molar-refractivity contribution < 1.29 is 4.74 Å². The number of anilines is 1. The third kappa shape index (κ3) is 4.06. The van der Waals surface area contributed by atoms with Crippen LogP contribution in [0.1, 0.15) is 32.3 Å². The van der Waals surface area contributed by atoms with Gasteiger partial charge >= 0.3 is 0 Å². The fourth-order valence-electron chi connectivity index (χ4n) is 3.86. The first-order valence-electron chi connectivity index (χ1n) is 9.43. The molecule has 1 N–H and O–H groups in total. The van der Waals surface area contributed by atoms with E-state index in [9.17, 15) is 0 Å². The number of likely N-dealkylation sites (tertiary alicyclic amines) is 1. The first kappa shape index (κ1) is 18.0. The molecule has 0 aromatic carbocycles. The first-order chi connectivity index (χ1) is 12.2. The predicted molar refractivity (Wildman–Crippen MR) is 102 cm³/mol. The topological polar surface area (TPSA) is 53.0 Å². The summed E-state index contributed by atoms with van der Waals surface area (Å²) < 4.78 is 5.62. The van der Waals surface area contributed by atoms with Crippen molar-refractivity contribution >= 4 is 11.8 Å². The van der Waals surface area contributed by atoms with E-state index in [4.69, 9.17) is 4.74 Å². The van der Waals surface area contributed by atoms with E-state index in [0.717, 1.165) is 57.7 Å². The van der Waals surface area contributed by atoms with Crippen LogP contribution in [0.2, 0.25) is 0 Å². The number of hydrogen-bond donors (Lipinski definition) is 1. The van der Waals surface area contributed by atoms with Crippen LogP contribution < -0.4 is 10.2 Å². The maximum Gasteiger partial charge on any atom is 0.193 e. The molecule has 3 rings (SSSR count). The van der Waals surface area contributed by atoms with Gasteiger partial charge in [0, 0.05) is 58.0 Å². The standard InChI is InChI=1S/C19H31N5O/c1-4-23(5-2)17-7-6-16(12-21-17)13-22-18(20-3)24-10-8-19(14-24)9-11-25-15-19/h6-7,12H,4-5,8-11,13-15H2,1-3H3,(H,20,22). The van der Waals surface area contributed by atoms with Crippen LogP contribution >= 0.6 is 0 Å². The van der Waals surface area contributed by atoms with E-state index >= 15 is 0 Å². The van der Waals surface area contributed by atoms with Gasteiger partial charge in [0.15, 0.2) is 5.96 Å². The largest absolute Gasteiger partial charge is 0.381 e. The lowest BCUT2D eigenvalue weighted by molar-refractivity contribution is 0.156. The Bertz CT molecular complexity index is 576. The zero-order valence-corrected chi connectivity index (χ0v) is 15.8. The fraction of sp³-hybridized carbons (Fsp3) is 0.684. The zero-order valence-electron chi connectivity index (χ0n) is 15.8. The molecule has 1 aromatic heterocycles. The van der Waals surface area contributed by atoms with Gasteiger partial charge in [-0.3, -0.25) is 4.99 Å². The summed E-state index contributed by atoms with van der Waals surface area (Å²) in [7, 11) is 1.86. The quantitative estimate of drug-likeness (QED) is 0.654. The van der Waals surface area contributed by atoms with Crippen molar-refractivity contribution in [2.24, 2.45) is 10.4 Å². The molecular weight excluding hydrogens is 314 g/mol. The average molecular weight is 345 g/mol. The Morgan fingerprint density at radius 2 is 2.20 bits per heavy atom.